The summed E-state index contributed by atoms with van der Waals surface area (Å²) in [6.07, 6.45) is -7.95. The van der Waals surface area contributed by atoms with Gasteiger partial charge in [0.15, 0.2) is 5.78 Å². The summed E-state index contributed by atoms with van der Waals surface area (Å²) >= 11 is 0. The minimum Gasteiger partial charge on any atom is -0.481 e. The summed E-state index contributed by atoms with van der Waals surface area (Å²) in [7, 11) is 0. The molecule has 0 spiro atoms. The van der Waals surface area contributed by atoms with E-state index in [1.807, 2.05) is 52.3 Å². The van der Waals surface area contributed by atoms with Crippen LogP contribution in [-0.2, 0) is 109 Å². The molecule has 0 saturated carbocycles. The number of carboxylic acid groups (broad SMARTS) is 4. The summed E-state index contributed by atoms with van der Waals surface area (Å²) in [5.41, 5.74) is 19.1. The van der Waals surface area contributed by atoms with E-state index in [4.69, 9.17) is 21.9 Å². The number of aryl methyl sites for hydroxylation is 1. The number of primary amides is 1. The molecule has 1 aromatic heterocycles. The maximum atomic E-state index is 15.0. The second-order valence-electron chi connectivity index (χ2n) is 31.0. The van der Waals surface area contributed by atoms with Crippen molar-refractivity contribution in [3.8, 4) is 0 Å². The smallest absolute Gasteiger partial charge is 0.329 e. The van der Waals surface area contributed by atoms with Crippen molar-refractivity contribution >= 4 is 178 Å². The van der Waals surface area contributed by atoms with Crippen molar-refractivity contribution in [2.75, 3.05) is 32.0 Å². The largest absolute Gasteiger partial charge is 0.481 e. The highest BCUT2D eigenvalue weighted by atomic mass is 16.5. The first kappa shape index (κ1) is 97.5. The number of anilines is 1. The molecule has 0 aliphatic carbocycles. The molecule has 9 rings (SSSR count). The molecule has 1 aliphatic rings. The molecule has 8 aromatic rings. The van der Waals surface area contributed by atoms with Crippen LogP contribution in [0.4, 0.5) is 5.69 Å². The minimum absolute atomic E-state index is 0.102. The van der Waals surface area contributed by atoms with E-state index >= 15 is 0 Å². The lowest BCUT2D eigenvalue weighted by Crippen LogP contribution is -2.62. The molecule has 7 aromatic carbocycles. The van der Waals surface area contributed by atoms with Gasteiger partial charge < -0.3 is 122 Å². The summed E-state index contributed by atoms with van der Waals surface area (Å²) in [4.78, 5) is 279. The van der Waals surface area contributed by atoms with Gasteiger partial charge in [-0.25, -0.2) is 4.79 Å². The first-order valence-electron chi connectivity index (χ1n) is 40.9. The molecule has 129 heavy (non-hydrogen) atoms. The quantitative estimate of drug-likeness (QED) is 0.00692. The van der Waals surface area contributed by atoms with Crippen LogP contribution in [0, 0.1) is 5.92 Å². The number of ether oxygens (including phenoxy) is 1. The van der Waals surface area contributed by atoms with Gasteiger partial charge in [-0.3, -0.25) is 91.1 Å². The third-order valence-electron chi connectivity index (χ3n) is 21.2. The third-order valence-corrected chi connectivity index (χ3v) is 21.2. The van der Waals surface area contributed by atoms with E-state index in [-0.39, 0.29) is 43.5 Å². The first-order chi connectivity index (χ1) is 61.3. The lowest BCUT2D eigenvalue weighted by atomic mass is 9.88. The topological polar surface area (TPSA) is 702 Å². The molecule has 2 heterocycles. The number of carbonyl (C=O) groups is 20. The summed E-state index contributed by atoms with van der Waals surface area (Å²) in [6.45, 7) is -0.984. The van der Waals surface area contributed by atoms with Gasteiger partial charge in [-0.1, -0.05) is 104 Å². The SMILES string of the molecule is CC(CC(=O)O)[C@@H]1NC(=O)[C@@H](CO)NC(=O)CNC(=O)[C@H](CC(=O)O)NC(=O)[C@@H](C)NC(=O)[C@H](CC(=O)O)NC(=O)[C@H](CCCN)NC(=O)CNC(=O)[C@@H](NC(=O)[C@H](CC(=O)O)NC(=O)[C@H](CC(N)=O)NC(=O)[C@H](Cc2c[nH]c3ccccc23)NC(=O)CCCc2cc3cccc4c5cccc6cccc(c(c2)c34)c65)[C@@H](C)OC(=O)[C@H](CC(=O)c2ccccc2N)NC1=O. The highest BCUT2D eigenvalue weighted by molar-refractivity contribution is 6.33. The van der Waals surface area contributed by atoms with Gasteiger partial charge in [0.25, 0.3) is 0 Å². The van der Waals surface area contributed by atoms with Crippen LogP contribution in [0.2, 0.25) is 0 Å². The van der Waals surface area contributed by atoms with Crippen LogP contribution in [0.15, 0.2) is 121 Å². The lowest BCUT2D eigenvalue weighted by molar-refractivity contribution is -0.156. The number of cyclic esters (lactones) is 1. The van der Waals surface area contributed by atoms with E-state index in [2.05, 4.69) is 88.5 Å². The Labute approximate surface area is 733 Å². The number of fused-ring (bicyclic) bond motifs is 3. The van der Waals surface area contributed by atoms with E-state index in [0.29, 0.717) is 22.9 Å². The number of nitrogens with two attached hydrogens (primary N) is 3. The normalized spacial score (nSPS) is 20.3. The van der Waals surface area contributed by atoms with Crippen molar-refractivity contribution in [1.82, 2.24) is 74.1 Å². The Morgan fingerprint density at radius 3 is 1.67 bits per heavy atom. The van der Waals surface area contributed by atoms with Crippen LogP contribution in [-0.4, -0.2) is 248 Å². The number of aromatic nitrogens is 1. The highest BCUT2D eigenvalue weighted by Gasteiger charge is 2.41. The summed E-state index contributed by atoms with van der Waals surface area (Å²) in [5, 5.41) is 87.7. The van der Waals surface area contributed by atoms with Crippen LogP contribution >= 0.6 is 0 Å². The van der Waals surface area contributed by atoms with Gasteiger partial charge in [-0.2, -0.15) is 0 Å². The molecule has 1 unspecified atom stereocenters. The van der Waals surface area contributed by atoms with E-state index < -0.39 is 261 Å². The molecule has 1 saturated heterocycles. The molecule has 1 aliphatic heterocycles. The second-order valence-corrected chi connectivity index (χ2v) is 31.0. The van der Waals surface area contributed by atoms with Gasteiger partial charge in [-0.05, 0) is 124 Å². The number of ketones is 1. The summed E-state index contributed by atoms with van der Waals surface area (Å²) < 4.78 is 5.72. The molecule has 0 radical (unpaired) electrons. The molecule has 0 bridgehead atoms. The van der Waals surface area contributed by atoms with Crippen molar-refractivity contribution in [1.29, 1.82) is 0 Å². The van der Waals surface area contributed by atoms with Crippen molar-refractivity contribution in [3.63, 3.8) is 0 Å². The Kier molecular flexibility index (Phi) is 34.0. The number of esters is 1. The number of hydrogen-bond donors (Lipinski definition) is 22. The fraction of sp³-hybridized carbons (Fsp3) is 0.372. The molecule has 14 amide bonds. The average molecular weight is 1790 g/mol. The number of carbonyl (C=O) groups excluding carboxylic acids is 16. The number of Topliss-reactive ketones (excluding diaryl/α,β-unsaturated/α-hetero) is 1. The number of amides is 14. The number of benzene rings is 7. The average Bonchev–Trinajstić information content (AvgIpc) is 0.935. The zero-order chi connectivity index (χ0) is 94.2. The molecule has 43 heteroatoms. The van der Waals surface area contributed by atoms with E-state index in [1.165, 1.54) is 24.3 Å². The lowest BCUT2D eigenvalue weighted by Gasteiger charge is -2.30. The van der Waals surface area contributed by atoms with Crippen LogP contribution < -0.4 is 86.3 Å². The Bertz CT molecular complexity index is 5660. The number of aliphatic hydroxyl groups is 1. The van der Waals surface area contributed by atoms with Crippen molar-refractivity contribution < 1.29 is 126 Å². The molecular weight excluding hydrogens is 1690 g/mol. The maximum Gasteiger partial charge on any atom is 0.329 e. The Morgan fingerprint density at radius 1 is 0.512 bits per heavy atom. The second kappa shape index (κ2) is 45.0. The van der Waals surface area contributed by atoms with E-state index in [1.54, 1.807) is 30.5 Å². The Hall–Kier alpha value is -15.3. The number of H-pyrrole nitrogens is 1. The molecular formula is C86H99N17O26. The molecule has 1 fully saturated rings. The first-order valence-corrected chi connectivity index (χ1v) is 40.9. The van der Waals surface area contributed by atoms with Crippen LogP contribution in [0.5, 0.6) is 0 Å². The van der Waals surface area contributed by atoms with Crippen LogP contribution in [0.25, 0.3) is 54.0 Å². The molecule has 25 N–H and O–H groups in total. The highest BCUT2D eigenvalue weighted by Crippen LogP contribution is 2.41. The zero-order valence-electron chi connectivity index (χ0n) is 69.9. The number of nitrogens with one attached hydrogen (secondary N) is 14. The van der Waals surface area contributed by atoms with Crippen LogP contribution in [0.3, 0.4) is 0 Å². The van der Waals surface area contributed by atoms with Gasteiger partial charge in [0.2, 0.25) is 82.7 Å². The predicted molar refractivity (Wildman–Crippen MR) is 458 cm³/mol. The van der Waals surface area contributed by atoms with Crippen molar-refractivity contribution in [2.45, 2.75) is 170 Å². The fourth-order valence-corrected chi connectivity index (χ4v) is 14.8. The van der Waals surface area contributed by atoms with Crippen molar-refractivity contribution in [2.24, 2.45) is 17.4 Å². The number of aromatic amines is 1. The number of nitrogen functional groups attached to an aromatic ring is 1. The Morgan fingerprint density at radius 2 is 1.05 bits per heavy atom. The number of aliphatic hydroxyl groups excluding tert-OH is 1. The minimum atomic E-state index is -2.47. The number of carboxylic acids is 4. The van der Waals surface area contributed by atoms with Gasteiger partial charge in [0.05, 0.1) is 51.8 Å². The van der Waals surface area contributed by atoms with E-state index in [0.717, 1.165) is 69.4 Å². The predicted octanol–water partition coefficient (Wildman–Crippen LogP) is -2.69. The standard InChI is InChI=1S/C86H99N17O26/c1-40(27-68(110)111)74-85(127)101-61(31-63(105)51-18-4-6-22-53(51)88)86(128)129-42(3)75(84(126)92-38-66(108)94-55(24-12-26-87)78(120)99-59(34-70(114)115)79(121)93-41(2)76(118)97-58(33-69(112)113)77(119)91-37-67(109)96-62(39-104)83(125)102-74)103-82(124)60(35-71(116)117)100-81(123)57(32-64(89)106)98-80(122)56(30-46-36-90-54-23-7-5-17-47(46)54)95-65(107)25-8-13-43-28-45-16-11-20-49-48-19-9-14-44-15-10-21-50(72(44)48)52(29-43)73(45)49/h4-7,9-11,14-23,28-29,36,40-42,55-62,74-75,90,104H,8,12-13,24-27,30-35,37-39,87-88H2,1-3H3,(H2,89,106)(H,91,119)(H,92,126)(H,93,121)(H,94,108)(H,95,107)(H,96,109)(H,97,118)(H,98,122)(H,99,120)(H,100,123)(H,101,127)(H,102,125)(H,103,124)(H,110,111)(H,112,113)(H,114,115)(H,116,117)/t40?,41-,42-,55+,56+,57+,58+,59+,60+,61+,62-,74+,75+/m1/s1. The number of para-hydroxylation sites is 2. The third kappa shape index (κ3) is 26.6. The molecule has 43 nitrogen and oxygen atoms in total. The number of rotatable bonds is 31. The number of aliphatic carboxylic acids is 4. The van der Waals surface area contributed by atoms with Gasteiger partial charge >= 0.3 is 29.8 Å². The zero-order valence-corrected chi connectivity index (χ0v) is 69.9. The summed E-state index contributed by atoms with van der Waals surface area (Å²) in [6, 6.07) is 11.7. The van der Waals surface area contributed by atoms with E-state index in [9.17, 15) is 121 Å². The Balaban J connectivity index is 1.02. The molecule has 13 atom stereocenters. The maximum absolute atomic E-state index is 15.0. The van der Waals surface area contributed by atoms with Crippen LogP contribution in [0.1, 0.15) is 106 Å². The van der Waals surface area contributed by atoms with Gasteiger partial charge in [-0.15, -0.1) is 0 Å². The number of hydrogen-bond acceptors (Lipinski definition) is 24. The summed E-state index contributed by atoms with van der Waals surface area (Å²) in [5.74, 6) is -30.0. The fourth-order valence-electron chi connectivity index (χ4n) is 14.8. The van der Waals surface area contributed by atoms with Crippen molar-refractivity contribution in [3.05, 3.63) is 138 Å². The van der Waals surface area contributed by atoms with Gasteiger partial charge in [0.1, 0.15) is 72.6 Å². The molecule has 684 valence electrons. The monoisotopic (exact) mass is 1790 g/mol. The van der Waals surface area contributed by atoms with Gasteiger partial charge in [0, 0.05) is 47.6 Å².